The Kier molecular flexibility index (Phi) is 5.02. The first-order chi connectivity index (χ1) is 5.43. The average Bonchev–Trinajstić information content (AvgIpc) is 2.07. The van der Waals surface area contributed by atoms with Crippen LogP contribution in [-0.4, -0.2) is 42.2 Å². The molecule has 0 atom stereocenters. The van der Waals surface area contributed by atoms with Gasteiger partial charge in [0.05, 0.1) is 0 Å². The number of nitrogens with zero attached hydrogens (tertiary/aromatic N) is 1. The van der Waals surface area contributed by atoms with Crippen LogP contribution in [0.5, 0.6) is 0 Å². The summed E-state index contributed by atoms with van der Waals surface area (Å²) < 4.78 is 0. The van der Waals surface area contributed by atoms with Crippen LogP contribution >= 0.6 is 0 Å². The molecule has 0 aromatic heterocycles. The van der Waals surface area contributed by atoms with Crippen LogP contribution in [-0.2, 0) is 0 Å². The van der Waals surface area contributed by atoms with Crippen molar-refractivity contribution in [1.82, 2.24) is 4.90 Å². The molecule has 11 heavy (non-hydrogen) atoms. The maximum absolute atomic E-state index is 2.54. The van der Waals surface area contributed by atoms with Crippen LogP contribution in [0.2, 0.25) is 5.09 Å². The van der Waals surface area contributed by atoms with Crippen molar-refractivity contribution in [2.75, 3.05) is 19.6 Å². The summed E-state index contributed by atoms with van der Waals surface area (Å²) in [5, 5.41) is 1.17. The van der Waals surface area contributed by atoms with Crippen molar-refractivity contribution >= 4 is 17.7 Å². The average molecular weight is 145 g/mol. The molecule has 1 fully saturated rings. The van der Waals surface area contributed by atoms with Gasteiger partial charge in [-0.1, -0.05) is 0 Å². The molecule has 1 heterocycles. The van der Waals surface area contributed by atoms with Crippen molar-refractivity contribution in [3.8, 4) is 0 Å². The van der Waals surface area contributed by atoms with E-state index in [2.05, 4.69) is 34.8 Å². The zero-order valence-corrected chi connectivity index (χ0v) is 7.55. The number of hydrogen-bond donors (Lipinski definition) is 0. The van der Waals surface area contributed by atoms with Crippen molar-refractivity contribution in [2.45, 2.75) is 24.4 Å². The molecule has 0 N–H and O–H groups in total. The molecule has 0 saturated carbocycles. The van der Waals surface area contributed by atoms with Gasteiger partial charge in [-0.2, -0.15) is 0 Å². The van der Waals surface area contributed by atoms with E-state index in [0.717, 1.165) is 0 Å². The topological polar surface area (TPSA) is 3.24 Å². The molecule has 1 saturated heterocycles. The fourth-order valence-corrected chi connectivity index (χ4v) is 1.53. The van der Waals surface area contributed by atoms with E-state index in [4.69, 9.17) is 0 Å². The third-order valence-electron chi connectivity index (χ3n) is 2.21. The van der Waals surface area contributed by atoms with E-state index in [1.807, 2.05) is 0 Å². The van der Waals surface area contributed by atoms with Crippen LogP contribution in [0.3, 0.4) is 0 Å². The minimum atomic E-state index is 1.17. The van der Waals surface area contributed by atoms with Crippen molar-refractivity contribution in [2.24, 2.45) is 0 Å². The van der Waals surface area contributed by atoms with E-state index in [1.54, 1.807) is 0 Å². The monoisotopic (exact) mass is 145 g/mol. The second-order valence-electron chi connectivity index (χ2n) is 3.24. The first-order valence-electron chi connectivity index (χ1n) is 4.81. The molecule has 0 amide bonds. The Morgan fingerprint density at radius 2 is 1.82 bits per heavy atom. The normalized spacial score (nSPS) is 21.3. The van der Waals surface area contributed by atoms with Crippen LogP contribution in [0.25, 0.3) is 0 Å². The molecule has 1 aliphatic heterocycles. The van der Waals surface area contributed by atoms with Gasteiger partial charge in [0, 0.05) is 0 Å². The Labute approximate surface area is 79.0 Å². The number of rotatable bonds is 3. The first kappa shape index (κ1) is 9.39. The number of hydrogen-bond acceptors (Lipinski definition) is 1. The molecule has 0 aromatic carbocycles. The summed E-state index contributed by atoms with van der Waals surface area (Å²) in [6, 6.07) is 0. The Hall–Kier alpha value is 0.297. The van der Waals surface area contributed by atoms with Crippen molar-refractivity contribution in [1.29, 1.82) is 0 Å². The number of piperidine rings is 1. The predicted molar refractivity (Wildman–Crippen MR) is 50.0 cm³/mol. The quantitative estimate of drug-likeness (QED) is 0.431. The molecule has 0 aromatic rings. The summed E-state index contributed by atoms with van der Waals surface area (Å²) in [4.78, 5) is 2.54. The van der Waals surface area contributed by atoms with Gasteiger partial charge in [-0.3, -0.25) is 0 Å². The van der Waals surface area contributed by atoms with E-state index in [1.165, 1.54) is 44.0 Å². The molecule has 0 radical (unpaired) electrons. The first-order valence-corrected chi connectivity index (χ1v) is 4.81. The zero-order valence-electron chi connectivity index (χ0n) is 7.55. The van der Waals surface area contributed by atoms with Gasteiger partial charge in [0.2, 0.25) is 0 Å². The van der Waals surface area contributed by atoms with Gasteiger partial charge in [0.25, 0.3) is 0 Å². The van der Waals surface area contributed by atoms with Gasteiger partial charge in [-0.15, -0.1) is 0 Å². The third-order valence-corrected chi connectivity index (χ3v) is 2.21. The predicted octanol–water partition coefficient (Wildman–Crippen LogP) is 1.62. The van der Waals surface area contributed by atoms with Crippen LogP contribution in [0, 0.1) is 0 Å². The third kappa shape index (κ3) is 4.01. The van der Waals surface area contributed by atoms with Gasteiger partial charge in [-0.05, 0) is 0 Å². The summed E-state index contributed by atoms with van der Waals surface area (Å²) in [5.74, 6) is 0. The van der Waals surface area contributed by atoms with Crippen molar-refractivity contribution < 1.29 is 0 Å². The molecular weight excluding hydrogens is 129 g/mol. The Balaban J connectivity index is 2.09. The molecule has 1 nitrogen and oxygen atoms in total. The summed E-state index contributed by atoms with van der Waals surface area (Å²) in [6.45, 7) is 3.80. The maximum atomic E-state index is 2.54. The van der Waals surface area contributed by atoms with Crippen molar-refractivity contribution in [3.05, 3.63) is 12.2 Å². The van der Waals surface area contributed by atoms with E-state index in [-0.39, 0.29) is 0 Å². The van der Waals surface area contributed by atoms with Gasteiger partial charge >= 0.3 is 78.8 Å². The van der Waals surface area contributed by atoms with E-state index in [0.29, 0.717) is 0 Å². The van der Waals surface area contributed by atoms with Crippen molar-refractivity contribution in [3.63, 3.8) is 0 Å². The summed E-state index contributed by atoms with van der Waals surface area (Å²) in [5.41, 5.74) is 0. The number of allylic oxidation sites excluding steroid dienone is 1. The van der Waals surface area contributed by atoms with E-state index < -0.39 is 0 Å². The van der Waals surface area contributed by atoms with Gasteiger partial charge in [0.1, 0.15) is 0 Å². The van der Waals surface area contributed by atoms with Crippen LogP contribution in [0.4, 0.5) is 0 Å². The Morgan fingerprint density at radius 1 is 1.09 bits per heavy atom. The second-order valence-corrected chi connectivity index (χ2v) is 3.24. The summed E-state index contributed by atoms with van der Waals surface area (Å²) >= 11 is 2.19. The molecule has 0 spiro atoms. The molecule has 1 rings (SSSR count). The summed E-state index contributed by atoms with van der Waals surface area (Å²) in [6.07, 6.45) is 8.80. The van der Waals surface area contributed by atoms with Gasteiger partial charge in [-0.25, -0.2) is 0 Å². The van der Waals surface area contributed by atoms with E-state index >= 15 is 0 Å². The molecule has 0 aliphatic carbocycles. The molecule has 2 heteroatoms. The summed E-state index contributed by atoms with van der Waals surface area (Å²) in [7, 11) is 0. The fraction of sp³-hybridized carbons (Fsp3) is 0.778. The van der Waals surface area contributed by atoms with Crippen LogP contribution in [0.1, 0.15) is 19.3 Å². The van der Waals surface area contributed by atoms with Crippen LogP contribution in [0.15, 0.2) is 12.2 Å². The zero-order chi connectivity index (χ0) is 7.94. The second kappa shape index (κ2) is 5.89. The minimum absolute atomic E-state index is 1.17. The molecule has 0 bridgehead atoms. The van der Waals surface area contributed by atoms with Crippen LogP contribution < -0.4 is 0 Å². The van der Waals surface area contributed by atoms with Gasteiger partial charge in [0.15, 0.2) is 0 Å². The van der Waals surface area contributed by atoms with Gasteiger partial charge < -0.3 is 0 Å². The molecule has 1 aliphatic rings. The SMILES string of the molecule is [Li][CH2]/C=C/CN1CCCCC1. The molecular formula is C9H16LiN. The molecule has 58 valence electrons. The molecule has 0 unspecified atom stereocenters. The Bertz CT molecular complexity index is 117. The van der Waals surface area contributed by atoms with E-state index in [9.17, 15) is 0 Å². The Morgan fingerprint density at radius 3 is 2.45 bits per heavy atom. The number of likely N-dealkylation sites (tertiary alicyclic amines) is 1. The standard InChI is InChI=1S/C9H16N.Li/c1-2-3-7-10-8-5-4-6-9-10;/h2-3H,1,4-9H2;/b3-2+;. The fourth-order valence-electron chi connectivity index (χ4n) is 1.53.